The number of carbonyl (C=O) groups excluding carboxylic acids is 1. The molecule has 1 aromatic heterocycles. The van der Waals surface area contributed by atoms with Crippen LogP contribution in [-0.2, 0) is 11.5 Å². The number of para-hydroxylation sites is 1. The van der Waals surface area contributed by atoms with E-state index in [9.17, 15) is 4.79 Å². The van der Waals surface area contributed by atoms with Crippen molar-refractivity contribution in [3.63, 3.8) is 0 Å². The molecule has 3 rings (SSSR count). The average Bonchev–Trinajstić information content (AvgIpc) is 3.02. The van der Waals surface area contributed by atoms with Crippen molar-refractivity contribution in [1.82, 2.24) is 9.47 Å². The van der Waals surface area contributed by atoms with E-state index in [2.05, 4.69) is 38.9 Å². The van der Waals surface area contributed by atoms with Crippen LogP contribution in [0.2, 0.25) is 0 Å². The number of aryl methyl sites for hydroxylation is 1. The van der Waals surface area contributed by atoms with Crippen LogP contribution in [-0.4, -0.2) is 48.7 Å². The number of fused-ring (bicyclic) bond motifs is 1. The summed E-state index contributed by atoms with van der Waals surface area (Å²) in [6.45, 7) is 2.95. The van der Waals surface area contributed by atoms with Crippen molar-refractivity contribution in [2.75, 3.05) is 27.2 Å². The van der Waals surface area contributed by atoms with Crippen molar-refractivity contribution in [2.45, 2.75) is 13.6 Å². The summed E-state index contributed by atoms with van der Waals surface area (Å²) >= 11 is 0. The van der Waals surface area contributed by atoms with Crippen LogP contribution in [0.3, 0.4) is 0 Å². The van der Waals surface area contributed by atoms with Gasteiger partial charge in [0.1, 0.15) is 18.9 Å². The summed E-state index contributed by atoms with van der Waals surface area (Å²) < 4.78 is 7.76. The number of rotatable bonds is 8. The zero-order valence-corrected chi connectivity index (χ0v) is 16.1. The Hall–Kier alpha value is -2.92. The summed E-state index contributed by atoms with van der Waals surface area (Å²) in [5.41, 5.74) is 3.18. The predicted octanol–water partition coefficient (Wildman–Crippen LogP) is 3.54. The molecule has 27 heavy (non-hydrogen) atoms. The first kappa shape index (κ1) is 18.9. The van der Waals surface area contributed by atoms with E-state index in [4.69, 9.17) is 4.74 Å². The SMILES string of the molecule is Cc1ccccc1OCC(=O)CN=Cc1ccc2c(ccn2CN(C)C)c1. The number of hydrogen-bond donors (Lipinski definition) is 0. The Morgan fingerprint density at radius 1 is 1.19 bits per heavy atom. The fourth-order valence-electron chi connectivity index (χ4n) is 2.90. The molecular weight excluding hydrogens is 338 g/mol. The molecule has 140 valence electrons. The molecule has 0 fully saturated rings. The van der Waals surface area contributed by atoms with E-state index in [1.807, 2.05) is 51.4 Å². The number of Topliss-reactive ketones (excluding diaryl/α,β-unsaturated/α-hetero) is 1. The molecule has 2 aromatic carbocycles. The molecule has 0 bridgehead atoms. The van der Waals surface area contributed by atoms with Gasteiger partial charge in [-0.2, -0.15) is 0 Å². The molecular formula is C22H25N3O2. The third kappa shape index (κ3) is 5.05. The second-order valence-electron chi connectivity index (χ2n) is 6.89. The molecule has 0 amide bonds. The standard InChI is InChI=1S/C22H25N3O2/c1-17-6-4-5-7-22(17)27-15-20(26)14-23-13-18-8-9-21-19(12-18)10-11-25(21)16-24(2)3/h4-13H,14-16H2,1-3H3. The highest BCUT2D eigenvalue weighted by molar-refractivity contribution is 5.91. The van der Waals surface area contributed by atoms with Crippen molar-refractivity contribution in [2.24, 2.45) is 4.99 Å². The molecule has 0 aliphatic carbocycles. The smallest absolute Gasteiger partial charge is 0.191 e. The van der Waals surface area contributed by atoms with Gasteiger partial charge in [0.2, 0.25) is 0 Å². The summed E-state index contributed by atoms with van der Waals surface area (Å²) in [6, 6.07) is 15.9. The van der Waals surface area contributed by atoms with Gasteiger partial charge in [0.05, 0.1) is 6.67 Å². The first-order valence-corrected chi connectivity index (χ1v) is 8.96. The summed E-state index contributed by atoms with van der Waals surface area (Å²) in [5.74, 6) is 0.690. The molecule has 0 aliphatic heterocycles. The Labute approximate surface area is 159 Å². The van der Waals surface area contributed by atoms with Crippen molar-refractivity contribution < 1.29 is 9.53 Å². The van der Waals surface area contributed by atoms with E-state index in [0.717, 1.165) is 28.9 Å². The Balaban J connectivity index is 1.56. The van der Waals surface area contributed by atoms with Crippen LogP contribution in [0.25, 0.3) is 10.9 Å². The van der Waals surface area contributed by atoms with E-state index >= 15 is 0 Å². The fraction of sp³-hybridized carbons (Fsp3) is 0.273. The highest BCUT2D eigenvalue weighted by Crippen LogP contribution is 2.17. The van der Waals surface area contributed by atoms with Crippen molar-refractivity contribution >= 4 is 22.9 Å². The number of carbonyl (C=O) groups is 1. The second-order valence-corrected chi connectivity index (χ2v) is 6.89. The van der Waals surface area contributed by atoms with Gasteiger partial charge in [-0.25, -0.2) is 0 Å². The van der Waals surface area contributed by atoms with Crippen LogP contribution in [0, 0.1) is 6.92 Å². The van der Waals surface area contributed by atoms with Gasteiger partial charge in [0.15, 0.2) is 5.78 Å². The van der Waals surface area contributed by atoms with E-state index in [-0.39, 0.29) is 18.9 Å². The molecule has 0 unspecified atom stereocenters. The molecule has 0 spiro atoms. The Kier molecular flexibility index (Phi) is 6.04. The molecule has 0 atom stereocenters. The van der Waals surface area contributed by atoms with Gasteiger partial charge in [0, 0.05) is 23.3 Å². The monoisotopic (exact) mass is 363 g/mol. The zero-order chi connectivity index (χ0) is 19.2. The predicted molar refractivity (Wildman–Crippen MR) is 110 cm³/mol. The maximum absolute atomic E-state index is 12.0. The van der Waals surface area contributed by atoms with Crippen LogP contribution in [0.5, 0.6) is 5.75 Å². The average molecular weight is 363 g/mol. The minimum absolute atomic E-state index is 0.0363. The van der Waals surface area contributed by atoms with Gasteiger partial charge >= 0.3 is 0 Å². The van der Waals surface area contributed by atoms with Crippen LogP contribution in [0.15, 0.2) is 59.7 Å². The van der Waals surface area contributed by atoms with Crippen molar-refractivity contribution in [3.8, 4) is 5.75 Å². The van der Waals surface area contributed by atoms with Gasteiger partial charge < -0.3 is 9.30 Å². The van der Waals surface area contributed by atoms with E-state index in [0.29, 0.717) is 0 Å². The van der Waals surface area contributed by atoms with Gasteiger partial charge in [-0.1, -0.05) is 24.3 Å². The number of ether oxygens (including phenoxy) is 1. The van der Waals surface area contributed by atoms with Crippen molar-refractivity contribution in [1.29, 1.82) is 0 Å². The molecule has 0 saturated carbocycles. The minimum atomic E-state index is -0.0484. The molecule has 5 heteroatoms. The molecule has 0 radical (unpaired) electrons. The largest absolute Gasteiger partial charge is 0.485 e. The number of nitrogens with zero attached hydrogens (tertiary/aromatic N) is 3. The van der Waals surface area contributed by atoms with Crippen LogP contribution >= 0.6 is 0 Å². The number of aliphatic imine (C=N–C) groups is 1. The highest BCUT2D eigenvalue weighted by atomic mass is 16.5. The number of aromatic nitrogens is 1. The Bertz CT molecular complexity index is 957. The molecule has 5 nitrogen and oxygen atoms in total. The summed E-state index contributed by atoms with van der Waals surface area (Å²) in [6.07, 6.45) is 3.83. The van der Waals surface area contributed by atoms with Gasteiger partial charge in [-0.05, 0) is 56.4 Å². The maximum Gasteiger partial charge on any atom is 0.191 e. The second kappa shape index (κ2) is 8.64. The fourth-order valence-corrected chi connectivity index (χ4v) is 2.90. The van der Waals surface area contributed by atoms with E-state index < -0.39 is 0 Å². The highest BCUT2D eigenvalue weighted by Gasteiger charge is 2.05. The lowest BCUT2D eigenvalue weighted by molar-refractivity contribution is -0.119. The van der Waals surface area contributed by atoms with Gasteiger partial charge in [0.25, 0.3) is 0 Å². The lowest BCUT2D eigenvalue weighted by Crippen LogP contribution is -2.15. The number of hydrogen-bond acceptors (Lipinski definition) is 4. The van der Waals surface area contributed by atoms with Gasteiger partial charge in [-0.15, -0.1) is 0 Å². The number of ketones is 1. The van der Waals surface area contributed by atoms with Crippen LogP contribution < -0.4 is 4.74 Å². The van der Waals surface area contributed by atoms with E-state index in [1.165, 1.54) is 5.52 Å². The first-order chi connectivity index (χ1) is 13.0. The number of benzene rings is 2. The first-order valence-electron chi connectivity index (χ1n) is 8.96. The topological polar surface area (TPSA) is 46.8 Å². The maximum atomic E-state index is 12.0. The van der Waals surface area contributed by atoms with Crippen LogP contribution in [0.4, 0.5) is 0 Å². The quantitative estimate of drug-likeness (QED) is 0.575. The Morgan fingerprint density at radius 3 is 2.78 bits per heavy atom. The molecule has 1 heterocycles. The summed E-state index contributed by atoms with van der Waals surface area (Å²) in [4.78, 5) is 18.4. The lowest BCUT2D eigenvalue weighted by Gasteiger charge is -2.12. The third-order valence-corrected chi connectivity index (χ3v) is 4.22. The molecule has 0 N–H and O–H groups in total. The third-order valence-electron chi connectivity index (χ3n) is 4.22. The minimum Gasteiger partial charge on any atom is -0.485 e. The molecule has 0 saturated heterocycles. The molecule has 3 aromatic rings. The normalized spacial score (nSPS) is 11.6. The Morgan fingerprint density at radius 2 is 2.00 bits per heavy atom. The summed E-state index contributed by atoms with van der Waals surface area (Å²) in [5, 5.41) is 1.16. The lowest BCUT2D eigenvalue weighted by atomic mass is 10.2. The van der Waals surface area contributed by atoms with Gasteiger partial charge in [-0.3, -0.25) is 14.7 Å². The van der Waals surface area contributed by atoms with Crippen LogP contribution in [0.1, 0.15) is 11.1 Å². The molecule has 0 aliphatic rings. The zero-order valence-electron chi connectivity index (χ0n) is 16.1. The summed E-state index contributed by atoms with van der Waals surface area (Å²) in [7, 11) is 4.10. The van der Waals surface area contributed by atoms with Crippen molar-refractivity contribution in [3.05, 3.63) is 65.9 Å². The van der Waals surface area contributed by atoms with E-state index in [1.54, 1.807) is 6.21 Å².